The largest absolute Gasteiger partial charge is 0.353 e. The van der Waals surface area contributed by atoms with Crippen LogP contribution in [0.4, 0.5) is 14.5 Å². The fourth-order valence-electron chi connectivity index (χ4n) is 2.01. The zero-order valence-corrected chi connectivity index (χ0v) is 14.8. The molecule has 1 aromatic rings. The summed E-state index contributed by atoms with van der Waals surface area (Å²) in [6.07, 6.45) is 0. The highest BCUT2D eigenvalue weighted by Gasteiger charge is 2.16. The average molecular weight is 359 g/mol. The lowest BCUT2D eigenvalue weighted by Gasteiger charge is -2.20. The molecule has 0 fully saturated rings. The lowest BCUT2D eigenvalue weighted by atomic mass is 10.3. The molecule has 0 aliphatic rings. The van der Waals surface area contributed by atoms with Gasteiger partial charge in [-0.2, -0.15) is 8.78 Å². The summed E-state index contributed by atoms with van der Waals surface area (Å²) in [4.78, 5) is 25.9. The third-order valence-corrected chi connectivity index (χ3v) is 3.80. The average Bonchev–Trinajstić information content (AvgIpc) is 2.47. The predicted molar refractivity (Wildman–Crippen MR) is 92.3 cm³/mol. The zero-order valence-electron chi connectivity index (χ0n) is 14.0. The number of likely N-dealkylation sites (N-methyl/N-ethyl adjacent to an activating group) is 1. The van der Waals surface area contributed by atoms with Crippen LogP contribution in [-0.2, 0) is 9.59 Å². The summed E-state index contributed by atoms with van der Waals surface area (Å²) in [5, 5.41) is 5.39. The fourth-order valence-corrected chi connectivity index (χ4v) is 2.61. The quantitative estimate of drug-likeness (QED) is 0.666. The molecule has 0 aromatic heterocycles. The number of hydrogen-bond donors (Lipinski definition) is 2. The van der Waals surface area contributed by atoms with E-state index in [2.05, 4.69) is 10.6 Å². The Labute approximate surface area is 145 Å². The first-order valence-electron chi connectivity index (χ1n) is 7.67. The van der Waals surface area contributed by atoms with E-state index < -0.39 is 5.76 Å². The first kappa shape index (κ1) is 20.4. The van der Waals surface area contributed by atoms with Gasteiger partial charge >= 0.3 is 0 Å². The van der Waals surface area contributed by atoms with Crippen LogP contribution in [0.5, 0.6) is 0 Å². The van der Waals surface area contributed by atoms with E-state index in [9.17, 15) is 18.4 Å². The summed E-state index contributed by atoms with van der Waals surface area (Å²) in [6, 6.07) is 6.43. The van der Waals surface area contributed by atoms with Gasteiger partial charge in [-0.3, -0.25) is 14.5 Å². The number of para-hydroxylation sites is 1. The Balaban J connectivity index is 2.62. The number of carbonyl (C=O) groups excluding carboxylic acids is 2. The molecule has 0 saturated heterocycles. The molecule has 0 aliphatic heterocycles. The summed E-state index contributed by atoms with van der Waals surface area (Å²) in [7, 11) is 0. The molecule has 0 saturated carbocycles. The van der Waals surface area contributed by atoms with E-state index in [-0.39, 0.29) is 30.9 Å². The number of thioether (sulfide) groups is 1. The van der Waals surface area contributed by atoms with Gasteiger partial charge in [0.1, 0.15) is 0 Å². The van der Waals surface area contributed by atoms with E-state index in [1.165, 1.54) is 6.07 Å². The van der Waals surface area contributed by atoms with E-state index in [1.54, 1.807) is 23.1 Å². The number of carbonyl (C=O) groups is 2. The molecule has 2 N–H and O–H groups in total. The molecule has 0 unspecified atom stereocenters. The van der Waals surface area contributed by atoms with Gasteiger partial charge in [0, 0.05) is 10.9 Å². The number of anilines is 1. The highest BCUT2D eigenvalue weighted by Crippen LogP contribution is 2.31. The van der Waals surface area contributed by atoms with Crippen LogP contribution in [0.3, 0.4) is 0 Å². The minimum absolute atomic E-state index is 0.00962. The molecule has 2 amide bonds. The second-order valence-electron chi connectivity index (χ2n) is 5.45. The molecule has 0 heterocycles. The maximum absolute atomic E-state index is 12.5. The highest BCUT2D eigenvalue weighted by molar-refractivity contribution is 7.99. The van der Waals surface area contributed by atoms with Crippen LogP contribution in [0.2, 0.25) is 0 Å². The summed E-state index contributed by atoms with van der Waals surface area (Å²) in [5.74, 6) is -3.07. The predicted octanol–water partition coefficient (Wildman–Crippen LogP) is 2.79. The monoisotopic (exact) mass is 359 g/mol. The van der Waals surface area contributed by atoms with Gasteiger partial charge in [0.15, 0.2) is 0 Å². The minimum atomic E-state index is -2.56. The number of alkyl halides is 2. The van der Waals surface area contributed by atoms with Gasteiger partial charge in [-0.1, -0.05) is 30.8 Å². The summed E-state index contributed by atoms with van der Waals surface area (Å²) in [5.41, 5.74) is 0.343. The van der Waals surface area contributed by atoms with Gasteiger partial charge in [-0.05, 0) is 32.5 Å². The van der Waals surface area contributed by atoms with Crippen molar-refractivity contribution in [1.29, 1.82) is 0 Å². The van der Waals surface area contributed by atoms with Crippen LogP contribution >= 0.6 is 11.8 Å². The number of rotatable bonds is 9. The number of hydrogen-bond acceptors (Lipinski definition) is 4. The van der Waals surface area contributed by atoms with Crippen LogP contribution in [-0.4, -0.2) is 48.1 Å². The summed E-state index contributed by atoms with van der Waals surface area (Å²) < 4.78 is 25.1. The van der Waals surface area contributed by atoms with Crippen LogP contribution in [0.25, 0.3) is 0 Å². The number of benzene rings is 1. The molecule has 0 bridgehead atoms. The van der Waals surface area contributed by atoms with Gasteiger partial charge in [-0.15, -0.1) is 0 Å². The van der Waals surface area contributed by atoms with Gasteiger partial charge in [-0.25, -0.2) is 0 Å². The Morgan fingerprint density at radius 1 is 1.17 bits per heavy atom. The van der Waals surface area contributed by atoms with E-state index >= 15 is 0 Å². The maximum Gasteiger partial charge on any atom is 0.288 e. The molecule has 24 heavy (non-hydrogen) atoms. The second-order valence-corrected chi connectivity index (χ2v) is 6.48. The van der Waals surface area contributed by atoms with Crippen molar-refractivity contribution >= 4 is 29.3 Å². The van der Waals surface area contributed by atoms with Crippen LogP contribution in [0.15, 0.2) is 29.2 Å². The van der Waals surface area contributed by atoms with Crippen molar-refractivity contribution in [3.8, 4) is 0 Å². The van der Waals surface area contributed by atoms with Crippen molar-refractivity contribution in [2.45, 2.75) is 37.5 Å². The summed E-state index contributed by atoms with van der Waals surface area (Å²) in [6.45, 7) is 6.20. The van der Waals surface area contributed by atoms with Gasteiger partial charge in [0.05, 0.1) is 18.8 Å². The molecule has 0 radical (unpaired) electrons. The van der Waals surface area contributed by atoms with Crippen molar-refractivity contribution in [2.24, 2.45) is 0 Å². The number of nitrogens with one attached hydrogen (secondary N) is 2. The van der Waals surface area contributed by atoms with Crippen LogP contribution < -0.4 is 10.6 Å². The Bertz CT molecular complexity index is 556. The third-order valence-electron chi connectivity index (χ3n) is 3.01. The minimum Gasteiger partial charge on any atom is -0.353 e. The van der Waals surface area contributed by atoms with Crippen molar-refractivity contribution in [1.82, 2.24) is 10.2 Å². The third kappa shape index (κ3) is 7.74. The molecule has 0 atom stereocenters. The lowest BCUT2D eigenvalue weighted by Crippen LogP contribution is -2.42. The molecular weight excluding hydrogens is 336 g/mol. The normalized spacial score (nSPS) is 11.2. The Hall–Kier alpha value is -1.67. The van der Waals surface area contributed by atoms with Crippen molar-refractivity contribution in [3.63, 3.8) is 0 Å². The Morgan fingerprint density at radius 3 is 2.38 bits per heavy atom. The van der Waals surface area contributed by atoms with E-state index in [0.717, 1.165) is 0 Å². The number of amides is 2. The second kappa shape index (κ2) is 10.2. The molecule has 1 rings (SSSR count). The van der Waals surface area contributed by atoms with Crippen LogP contribution in [0, 0.1) is 0 Å². The SMILES string of the molecule is CCN(CC(=O)Nc1ccccc1SC(F)F)CC(=O)NC(C)C. The van der Waals surface area contributed by atoms with Crippen LogP contribution in [0.1, 0.15) is 20.8 Å². The Morgan fingerprint density at radius 2 is 1.79 bits per heavy atom. The van der Waals surface area contributed by atoms with Gasteiger partial charge in [0.25, 0.3) is 5.76 Å². The molecule has 1 aromatic carbocycles. The molecule has 5 nitrogen and oxygen atoms in total. The first-order valence-corrected chi connectivity index (χ1v) is 8.55. The Kier molecular flexibility index (Phi) is 8.70. The topological polar surface area (TPSA) is 61.4 Å². The molecule has 0 aliphatic carbocycles. The highest BCUT2D eigenvalue weighted by atomic mass is 32.2. The lowest BCUT2D eigenvalue weighted by molar-refractivity contribution is -0.123. The van der Waals surface area contributed by atoms with Gasteiger partial charge < -0.3 is 10.6 Å². The van der Waals surface area contributed by atoms with Crippen molar-refractivity contribution in [2.75, 3.05) is 25.0 Å². The molecule has 134 valence electrons. The number of halogens is 2. The zero-order chi connectivity index (χ0) is 18.1. The summed E-state index contributed by atoms with van der Waals surface area (Å²) >= 11 is 0.383. The number of nitrogens with zero attached hydrogens (tertiary/aromatic N) is 1. The molecular formula is C16H23F2N3O2S. The van der Waals surface area contributed by atoms with Crippen molar-refractivity contribution < 1.29 is 18.4 Å². The van der Waals surface area contributed by atoms with Gasteiger partial charge in [0.2, 0.25) is 11.8 Å². The maximum atomic E-state index is 12.5. The molecule has 8 heteroatoms. The first-order chi connectivity index (χ1) is 11.3. The smallest absolute Gasteiger partial charge is 0.288 e. The fraction of sp³-hybridized carbons (Fsp3) is 0.500. The standard InChI is InChI=1S/C16H23F2N3O2S/c1-4-21(9-14(22)19-11(2)3)10-15(23)20-12-7-5-6-8-13(12)24-16(17)18/h5-8,11,16H,4,9-10H2,1-3H3,(H,19,22)(H,20,23). The van der Waals surface area contributed by atoms with E-state index in [0.29, 0.717) is 28.9 Å². The van der Waals surface area contributed by atoms with E-state index in [4.69, 9.17) is 0 Å². The van der Waals surface area contributed by atoms with E-state index in [1.807, 2.05) is 20.8 Å². The van der Waals surface area contributed by atoms with Crippen molar-refractivity contribution in [3.05, 3.63) is 24.3 Å². The molecule has 0 spiro atoms.